The fraction of sp³-hybridized carbons (Fsp3) is 0.385. The third kappa shape index (κ3) is 2.94. The molecule has 1 aliphatic heterocycles. The number of rotatable bonds is 3. The van der Waals surface area contributed by atoms with E-state index < -0.39 is 35.1 Å². The first-order valence-electron chi connectivity index (χ1n) is 6.17. The largest absolute Gasteiger partial charge is 0.481 e. The molecule has 0 saturated carbocycles. The van der Waals surface area contributed by atoms with E-state index in [2.05, 4.69) is 10.6 Å². The summed E-state index contributed by atoms with van der Waals surface area (Å²) < 4.78 is 31.5. The number of carboxylic acids is 1. The molecule has 0 spiro atoms. The quantitative estimate of drug-likeness (QED) is 0.791. The number of carbonyl (C=O) groups excluding carboxylic acids is 1. The number of nitrogens with one attached hydrogen (secondary N) is 2. The lowest BCUT2D eigenvalue weighted by Gasteiger charge is -2.25. The lowest BCUT2D eigenvalue weighted by Crippen LogP contribution is -2.50. The summed E-state index contributed by atoms with van der Waals surface area (Å²) in [6.45, 7) is 1.43. The van der Waals surface area contributed by atoms with Crippen molar-refractivity contribution in [1.82, 2.24) is 5.32 Å². The van der Waals surface area contributed by atoms with Crippen molar-refractivity contribution in [2.24, 2.45) is 5.41 Å². The Bertz CT molecular complexity index is 581. The predicted molar refractivity (Wildman–Crippen MR) is 68.9 cm³/mol. The summed E-state index contributed by atoms with van der Waals surface area (Å²) in [6.07, 6.45) is 0. The van der Waals surface area contributed by atoms with Crippen molar-refractivity contribution in [3.63, 3.8) is 0 Å². The van der Waals surface area contributed by atoms with E-state index in [1.54, 1.807) is 0 Å². The molecule has 1 aromatic rings. The third-order valence-corrected chi connectivity index (χ3v) is 3.45. The molecular formula is C13H14F2N2O4. The van der Waals surface area contributed by atoms with Crippen LogP contribution in [0.1, 0.15) is 6.92 Å². The lowest BCUT2D eigenvalue weighted by atomic mass is 9.85. The first-order chi connectivity index (χ1) is 9.84. The van der Waals surface area contributed by atoms with Gasteiger partial charge in [0.2, 0.25) is 0 Å². The molecular weight excluding hydrogens is 286 g/mol. The van der Waals surface area contributed by atoms with Crippen molar-refractivity contribution < 1.29 is 28.2 Å². The SMILES string of the molecule is CC1(C(=O)O)COCC1NC(=O)Nc1cccc(F)c1F. The minimum absolute atomic E-state index is 0.0296. The summed E-state index contributed by atoms with van der Waals surface area (Å²) in [5.41, 5.74) is -1.60. The van der Waals surface area contributed by atoms with E-state index in [1.807, 2.05) is 0 Å². The Morgan fingerprint density at radius 2 is 2.14 bits per heavy atom. The molecule has 2 atom stereocenters. The number of urea groups is 1. The van der Waals surface area contributed by atoms with Crippen LogP contribution in [-0.2, 0) is 9.53 Å². The number of amides is 2. The van der Waals surface area contributed by atoms with Crippen molar-refractivity contribution in [2.45, 2.75) is 13.0 Å². The average Bonchev–Trinajstić information content (AvgIpc) is 2.78. The van der Waals surface area contributed by atoms with E-state index in [9.17, 15) is 18.4 Å². The van der Waals surface area contributed by atoms with Gasteiger partial charge in [-0.25, -0.2) is 13.6 Å². The van der Waals surface area contributed by atoms with Crippen LogP contribution < -0.4 is 10.6 Å². The van der Waals surface area contributed by atoms with Gasteiger partial charge in [-0.15, -0.1) is 0 Å². The van der Waals surface area contributed by atoms with Crippen LogP contribution in [-0.4, -0.2) is 36.4 Å². The predicted octanol–water partition coefficient (Wildman–Crippen LogP) is 1.58. The van der Waals surface area contributed by atoms with E-state index in [-0.39, 0.29) is 18.9 Å². The summed E-state index contributed by atoms with van der Waals surface area (Å²) in [7, 11) is 0. The van der Waals surface area contributed by atoms with Crippen molar-refractivity contribution >= 4 is 17.7 Å². The van der Waals surface area contributed by atoms with Crippen LogP contribution in [0.4, 0.5) is 19.3 Å². The molecule has 0 aliphatic carbocycles. The smallest absolute Gasteiger partial charge is 0.319 e. The van der Waals surface area contributed by atoms with Crippen LogP contribution in [0.3, 0.4) is 0 Å². The minimum Gasteiger partial charge on any atom is -0.481 e. The zero-order valence-electron chi connectivity index (χ0n) is 11.2. The molecule has 3 N–H and O–H groups in total. The van der Waals surface area contributed by atoms with E-state index in [4.69, 9.17) is 9.84 Å². The van der Waals surface area contributed by atoms with Crippen LogP contribution in [0.5, 0.6) is 0 Å². The maximum absolute atomic E-state index is 13.4. The number of benzene rings is 1. The molecule has 1 aromatic carbocycles. The molecule has 1 fully saturated rings. The Morgan fingerprint density at radius 1 is 1.43 bits per heavy atom. The number of ether oxygens (including phenoxy) is 1. The van der Waals surface area contributed by atoms with Crippen LogP contribution in [0.25, 0.3) is 0 Å². The van der Waals surface area contributed by atoms with Gasteiger partial charge in [0.25, 0.3) is 0 Å². The highest BCUT2D eigenvalue weighted by molar-refractivity contribution is 5.90. The summed E-state index contributed by atoms with van der Waals surface area (Å²) in [5.74, 6) is -3.38. The zero-order valence-corrected chi connectivity index (χ0v) is 11.2. The zero-order chi connectivity index (χ0) is 15.6. The second kappa shape index (κ2) is 5.65. The van der Waals surface area contributed by atoms with Gasteiger partial charge in [0.15, 0.2) is 11.6 Å². The van der Waals surface area contributed by atoms with Crippen molar-refractivity contribution in [2.75, 3.05) is 18.5 Å². The maximum atomic E-state index is 13.4. The van der Waals surface area contributed by atoms with Crippen LogP contribution in [0.15, 0.2) is 18.2 Å². The molecule has 1 heterocycles. The minimum atomic E-state index is -1.27. The Morgan fingerprint density at radius 3 is 2.81 bits per heavy atom. The molecule has 0 radical (unpaired) electrons. The van der Waals surface area contributed by atoms with Gasteiger partial charge in [-0.2, -0.15) is 0 Å². The molecule has 1 saturated heterocycles. The number of hydrogen-bond acceptors (Lipinski definition) is 3. The van der Waals surface area contributed by atoms with Gasteiger partial charge in [-0.3, -0.25) is 4.79 Å². The van der Waals surface area contributed by atoms with E-state index in [0.717, 1.165) is 6.07 Å². The number of anilines is 1. The Kier molecular flexibility index (Phi) is 4.08. The van der Waals surface area contributed by atoms with Crippen LogP contribution in [0, 0.1) is 17.0 Å². The Balaban J connectivity index is 2.05. The normalized spacial score (nSPS) is 24.6. The van der Waals surface area contributed by atoms with Crippen molar-refractivity contribution in [3.05, 3.63) is 29.8 Å². The van der Waals surface area contributed by atoms with Crippen molar-refractivity contribution in [3.8, 4) is 0 Å². The van der Waals surface area contributed by atoms with E-state index >= 15 is 0 Å². The highest BCUT2D eigenvalue weighted by Crippen LogP contribution is 2.28. The standard InChI is InChI=1S/C13H14F2N2O4/c1-13(11(18)19)6-21-5-9(13)17-12(20)16-8-4-2-3-7(14)10(8)15/h2-4,9H,5-6H2,1H3,(H,18,19)(H2,16,17,20). The molecule has 21 heavy (non-hydrogen) atoms. The number of hydrogen-bond donors (Lipinski definition) is 3. The molecule has 2 amide bonds. The maximum Gasteiger partial charge on any atom is 0.319 e. The fourth-order valence-electron chi connectivity index (χ4n) is 2.00. The van der Waals surface area contributed by atoms with E-state index in [1.165, 1.54) is 19.1 Å². The monoisotopic (exact) mass is 300 g/mol. The molecule has 0 bridgehead atoms. The molecule has 114 valence electrons. The molecule has 0 aromatic heterocycles. The van der Waals surface area contributed by atoms with Gasteiger partial charge in [-0.05, 0) is 19.1 Å². The molecule has 8 heteroatoms. The summed E-state index contributed by atoms with van der Waals surface area (Å²) in [5, 5.41) is 13.7. The summed E-state index contributed by atoms with van der Waals surface area (Å²) >= 11 is 0. The molecule has 6 nitrogen and oxygen atoms in total. The van der Waals surface area contributed by atoms with Gasteiger partial charge in [0.05, 0.1) is 24.9 Å². The Hall–Kier alpha value is -2.22. The second-order valence-electron chi connectivity index (χ2n) is 4.99. The Labute approximate surface area is 119 Å². The highest BCUT2D eigenvalue weighted by atomic mass is 19.2. The van der Waals surface area contributed by atoms with Gasteiger partial charge < -0.3 is 20.5 Å². The van der Waals surface area contributed by atoms with Gasteiger partial charge in [0.1, 0.15) is 5.41 Å². The number of carbonyl (C=O) groups is 2. The average molecular weight is 300 g/mol. The highest BCUT2D eigenvalue weighted by Gasteiger charge is 2.47. The molecule has 2 unspecified atom stereocenters. The van der Waals surface area contributed by atoms with E-state index in [0.29, 0.717) is 0 Å². The molecule has 2 rings (SSSR count). The lowest BCUT2D eigenvalue weighted by molar-refractivity contribution is -0.148. The summed E-state index contributed by atoms with van der Waals surface area (Å²) in [6, 6.07) is 1.76. The third-order valence-electron chi connectivity index (χ3n) is 3.45. The first-order valence-corrected chi connectivity index (χ1v) is 6.17. The number of carboxylic acid groups (broad SMARTS) is 1. The van der Waals surface area contributed by atoms with Gasteiger partial charge in [-0.1, -0.05) is 6.07 Å². The first kappa shape index (κ1) is 15.2. The van der Waals surface area contributed by atoms with Crippen LogP contribution in [0.2, 0.25) is 0 Å². The number of aliphatic carboxylic acids is 1. The van der Waals surface area contributed by atoms with Gasteiger partial charge in [0, 0.05) is 0 Å². The second-order valence-corrected chi connectivity index (χ2v) is 4.99. The van der Waals surface area contributed by atoms with Gasteiger partial charge >= 0.3 is 12.0 Å². The van der Waals surface area contributed by atoms with Crippen molar-refractivity contribution in [1.29, 1.82) is 0 Å². The van der Waals surface area contributed by atoms with Crippen LogP contribution >= 0.6 is 0 Å². The fourth-order valence-corrected chi connectivity index (χ4v) is 2.00. The molecule has 1 aliphatic rings. The topological polar surface area (TPSA) is 87.7 Å². The summed E-state index contributed by atoms with van der Waals surface area (Å²) in [4.78, 5) is 23.0. The number of halogens is 2.